The van der Waals surface area contributed by atoms with Crippen molar-refractivity contribution in [3.63, 3.8) is 0 Å². The summed E-state index contributed by atoms with van der Waals surface area (Å²) in [6.07, 6.45) is 5.29. The average molecular weight is 111 g/mol. The van der Waals surface area contributed by atoms with Crippen LogP contribution in [0.3, 0.4) is 0 Å². The van der Waals surface area contributed by atoms with Crippen LogP contribution in [0.5, 0.6) is 0 Å². The molecule has 0 aliphatic heterocycles. The molecular formula is C7H13N. The van der Waals surface area contributed by atoms with E-state index >= 15 is 0 Å². The lowest BCUT2D eigenvalue weighted by molar-refractivity contribution is 0.759. The summed E-state index contributed by atoms with van der Waals surface area (Å²) in [5, 5.41) is 0. The molecule has 0 rings (SSSR count). The van der Waals surface area contributed by atoms with Gasteiger partial charge in [-0.2, -0.15) is 0 Å². The van der Waals surface area contributed by atoms with Gasteiger partial charge in [0.05, 0.1) is 0 Å². The number of unbranched alkanes of at least 4 members (excludes halogenated alkanes) is 2. The highest BCUT2D eigenvalue weighted by Crippen LogP contribution is 1.92. The predicted octanol–water partition coefficient (Wildman–Crippen LogP) is 1.46. The number of nitrogens with two attached hydrogens (primary N) is 1. The Hall–Kier alpha value is -0.520. The Kier molecular flexibility index (Phi) is 6.06. The highest BCUT2D eigenvalue weighted by Gasteiger charge is 1.78. The van der Waals surface area contributed by atoms with Crippen molar-refractivity contribution in [2.45, 2.75) is 19.3 Å². The zero-order valence-electron chi connectivity index (χ0n) is 5.19. The SMILES string of the molecule is C=C=CCCCCN. The van der Waals surface area contributed by atoms with Crippen LogP contribution in [-0.2, 0) is 0 Å². The summed E-state index contributed by atoms with van der Waals surface area (Å²) >= 11 is 0. The van der Waals surface area contributed by atoms with Crippen molar-refractivity contribution in [2.75, 3.05) is 6.54 Å². The van der Waals surface area contributed by atoms with E-state index in [4.69, 9.17) is 5.73 Å². The Morgan fingerprint density at radius 1 is 1.50 bits per heavy atom. The van der Waals surface area contributed by atoms with Gasteiger partial charge in [0, 0.05) is 0 Å². The molecule has 0 aliphatic carbocycles. The van der Waals surface area contributed by atoms with Crippen LogP contribution >= 0.6 is 0 Å². The van der Waals surface area contributed by atoms with Crippen LogP contribution in [0, 0.1) is 0 Å². The maximum atomic E-state index is 5.26. The molecule has 0 amide bonds. The Labute approximate surface area is 50.9 Å². The van der Waals surface area contributed by atoms with Crippen LogP contribution in [0.15, 0.2) is 18.4 Å². The smallest absolute Gasteiger partial charge is 0.00772 e. The fourth-order valence-corrected chi connectivity index (χ4v) is 0.493. The van der Waals surface area contributed by atoms with Gasteiger partial charge in [-0.25, -0.2) is 0 Å². The topological polar surface area (TPSA) is 26.0 Å². The van der Waals surface area contributed by atoms with E-state index in [0.717, 1.165) is 19.4 Å². The first-order valence-corrected chi connectivity index (χ1v) is 2.96. The van der Waals surface area contributed by atoms with Crippen LogP contribution in [0.4, 0.5) is 0 Å². The first kappa shape index (κ1) is 7.48. The molecule has 0 bridgehead atoms. The number of hydrogen-bond acceptors (Lipinski definition) is 1. The molecule has 0 aliphatic rings. The molecule has 0 aromatic heterocycles. The van der Waals surface area contributed by atoms with Gasteiger partial charge in [0.2, 0.25) is 0 Å². The van der Waals surface area contributed by atoms with E-state index < -0.39 is 0 Å². The Bertz CT molecular complexity index is 80.4. The van der Waals surface area contributed by atoms with Crippen LogP contribution in [-0.4, -0.2) is 6.54 Å². The molecule has 2 N–H and O–H groups in total. The molecule has 1 nitrogen and oxygen atoms in total. The lowest BCUT2D eigenvalue weighted by Crippen LogP contribution is -1.96. The van der Waals surface area contributed by atoms with Crippen molar-refractivity contribution < 1.29 is 0 Å². The highest BCUT2D eigenvalue weighted by molar-refractivity contribution is 4.74. The number of allylic oxidation sites excluding steroid dienone is 1. The third-order valence-corrected chi connectivity index (χ3v) is 0.947. The minimum Gasteiger partial charge on any atom is -0.330 e. The lowest BCUT2D eigenvalue weighted by atomic mass is 10.2. The van der Waals surface area contributed by atoms with Gasteiger partial charge in [-0.15, -0.1) is 5.73 Å². The molecule has 0 heterocycles. The van der Waals surface area contributed by atoms with Crippen molar-refractivity contribution in [1.82, 2.24) is 0 Å². The van der Waals surface area contributed by atoms with Crippen molar-refractivity contribution in [3.8, 4) is 0 Å². The highest BCUT2D eigenvalue weighted by atomic mass is 14.5. The van der Waals surface area contributed by atoms with E-state index in [1.165, 1.54) is 6.42 Å². The van der Waals surface area contributed by atoms with Crippen molar-refractivity contribution >= 4 is 0 Å². The lowest BCUT2D eigenvalue weighted by Gasteiger charge is -1.88. The standard InChI is InChI=1S/C7H13N/c1-2-3-4-5-6-7-8/h3H,1,4-8H2. The molecule has 46 valence electrons. The van der Waals surface area contributed by atoms with Gasteiger partial charge in [-0.3, -0.25) is 0 Å². The molecule has 0 atom stereocenters. The Morgan fingerprint density at radius 3 is 2.75 bits per heavy atom. The van der Waals surface area contributed by atoms with Crippen molar-refractivity contribution in [1.29, 1.82) is 0 Å². The Morgan fingerprint density at radius 2 is 2.25 bits per heavy atom. The summed E-state index contributed by atoms with van der Waals surface area (Å²) in [6, 6.07) is 0. The normalized spacial score (nSPS) is 8.12. The molecule has 0 saturated carbocycles. The van der Waals surface area contributed by atoms with E-state index in [2.05, 4.69) is 12.3 Å². The predicted molar refractivity (Wildman–Crippen MR) is 36.6 cm³/mol. The summed E-state index contributed by atoms with van der Waals surface area (Å²) in [5.74, 6) is 0. The molecule has 0 aromatic rings. The van der Waals surface area contributed by atoms with E-state index in [9.17, 15) is 0 Å². The molecular weight excluding hydrogens is 98.1 g/mol. The van der Waals surface area contributed by atoms with Gasteiger partial charge < -0.3 is 5.73 Å². The number of rotatable bonds is 4. The van der Waals surface area contributed by atoms with Crippen molar-refractivity contribution in [2.24, 2.45) is 5.73 Å². The zero-order valence-corrected chi connectivity index (χ0v) is 5.19. The fourth-order valence-electron chi connectivity index (χ4n) is 0.493. The van der Waals surface area contributed by atoms with Gasteiger partial charge in [0.15, 0.2) is 0 Å². The second-order valence-corrected chi connectivity index (χ2v) is 1.69. The molecule has 0 saturated heterocycles. The summed E-state index contributed by atoms with van der Waals surface area (Å²) in [6.45, 7) is 4.24. The molecule has 8 heavy (non-hydrogen) atoms. The van der Waals surface area contributed by atoms with Crippen LogP contribution in [0.1, 0.15) is 19.3 Å². The third-order valence-electron chi connectivity index (χ3n) is 0.947. The summed E-state index contributed by atoms with van der Waals surface area (Å²) in [5.41, 5.74) is 7.97. The van der Waals surface area contributed by atoms with Crippen molar-refractivity contribution in [3.05, 3.63) is 18.4 Å². The largest absolute Gasteiger partial charge is 0.330 e. The Balaban J connectivity index is 2.82. The average Bonchev–Trinajstić information content (AvgIpc) is 1.81. The summed E-state index contributed by atoms with van der Waals surface area (Å²) in [7, 11) is 0. The maximum absolute atomic E-state index is 5.26. The summed E-state index contributed by atoms with van der Waals surface area (Å²) < 4.78 is 0. The van der Waals surface area contributed by atoms with Crippen LogP contribution in [0.2, 0.25) is 0 Å². The minimum atomic E-state index is 0.797. The maximum Gasteiger partial charge on any atom is -0.00772 e. The van der Waals surface area contributed by atoms with E-state index in [-0.39, 0.29) is 0 Å². The molecule has 0 aromatic carbocycles. The van der Waals surface area contributed by atoms with E-state index in [0.29, 0.717) is 0 Å². The second kappa shape index (κ2) is 6.48. The van der Waals surface area contributed by atoms with Crippen LogP contribution < -0.4 is 5.73 Å². The quantitative estimate of drug-likeness (QED) is 0.431. The minimum absolute atomic E-state index is 0.797. The van der Waals surface area contributed by atoms with Gasteiger partial charge >= 0.3 is 0 Å². The van der Waals surface area contributed by atoms with Gasteiger partial charge in [0.1, 0.15) is 0 Å². The summed E-state index contributed by atoms with van der Waals surface area (Å²) in [4.78, 5) is 0. The second-order valence-electron chi connectivity index (χ2n) is 1.69. The monoisotopic (exact) mass is 111 g/mol. The molecule has 0 radical (unpaired) electrons. The molecule has 0 fully saturated rings. The van der Waals surface area contributed by atoms with Gasteiger partial charge in [-0.05, 0) is 31.9 Å². The third kappa shape index (κ3) is 5.48. The van der Waals surface area contributed by atoms with E-state index in [1.54, 1.807) is 0 Å². The first-order chi connectivity index (χ1) is 3.91. The fraction of sp³-hybridized carbons (Fsp3) is 0.571. The van der Waals surface area contributed by atoms with Gasteiger partial charge in [-0.1, -0.05) is 6.58 Å². The van der Waals surface area contributed by atoms with E-state index in [1.807, 2.05) is 6.08 Å². The molecule has 0 spiro atoms. The van der Waals surface area contributed by atoms with Gasteiger partial charge in [0.25, 0.3) is 0 Å². The molecule has 0 unspecified atom stereocenters. The molecule has 1 heteroatoms. The first-order valence-electron chi connectivity index (χ1n) is 2.96. The number of hydrogen-bond donors (Lipinski definition) is 1. The van der Waals surface area contributed by atoms with Crippen LogP contribution in [0.25, 0.3) is 0 Å². The zero-order chi connectivity index (χ0) is 6.24.